The molecule has 3 rings (SSSR count). The number of alkyl carbamates (subject to hydrolysis) is 1. The number of carbonyl (C=O) groups is 4. The minimum atomic E-state index is -0.896. The maximum atomic E-state index is 12.5. The SMILES string of the molecule is CCOC(=O)NC(=O)COC(=O)[C@@H]1CS[C@@]2(c3ccccc3)CCC(=O)N12. The van der Waals surface area contributed by atoms with Crippen molar-refractivity contribution >= 4 is 35.6 Å². The Morgan fingerprint density at radius 2 is 2.00 bits per heavy atom. The van der Waals surface area contributed by atoms with E-state index in [2.05, 4.69) is 4.74 Å². The normalized spacial score (nSPS) is 23.7. The minimum absolute atomic E-state index is 0.109. The van der Waals surface area contributed by atoms with Crippen LogP contribution in [-0.4, -0.2) is 53.8 Å². The number of ether oxygens (including phenoxy) is 2. The van der Waals surface area contributed by atoms with Crippen molar-refractivity contribution in [2.75, 3.05) is 19.0 Å². The van der Waals surface area contributed by atoms with E-state index in [9.17, 15) is 19.2 Å². The van der Waals surface area contributed by atoms with E-state index in [4.69, 9.17) is 4.74 Å². The third-order valence-electron chi connectivity index (χ3n) is 4.49. The quantitative estimate of drug-likeness (QED) is 0.756. The van der Waals surface area contributed by atoms with E-state index in [1.807, 2.05) is 35.6 Å². The first-order chi connectivity index (χ1) is 13.0. The maximum Gasteiger partial charge on any atom is 0.413 e. The molecule has 0 aliphatic carbocycles. The van der Waals surface area contributed by atoms with E-state index in [1.165, 1.54) is 11.8 Å². The van der Waals surface area contributed by atoms with Gasteiger partial charge < -0.3 is 14.4 Å². The van der Waals surface area contributed by atoms with Gasteiger partial charge in [0.25, 0.3) is 5.91 Å². The van der Waals surface area contributed by atoms with E-state index >= 15 is 0 Å². The number of hydrogen-bond donors (Lipinski definition) is 1. The van der Waals surface area contributed by atoms with Crippen LogP contribution in [0.5, 0.6) is 0 Å². The summed E-state index contributed by atoms with van der Waals surface area (Å²) >= 11 is 1.53. The first kappa shape index (κ1) is 19.2. The zero-order valence-electron chi connectivity index (χ0n) is 14.8. The van der Waals surface area contributed by atoms with Crippen LogP contribution in [0.4, 0.5) is 4.79 Å². The van der Waals surface area contributed by atoms with Crippen LogP contribution in [0.25, 0.3) is 0 Å². The van der Waals surface area contributed by atoms with Crippen molar-refractivity contribution < 1.29 is 28.7 Å². The number of esters is 1. The second-order valence-electron chi connectivity index (χ2n) is 6.12. The molecule has 2 atom stereocenters. The van der Waals surface area contributed by atoms with Gasteiger partial charge in [-0.05, 0) is 18.9 Å². The highest BCUT2D eigenvalue weighted by Gasteiger charge is 2.57. The molecule has 8 nitrogen and oxygen atoms in total. The molecular formula is C18H20N2O6S. The monoisotopic (exact) mass is 392 g/mol. The molecule has 2 fully saturated rings. The van der Waals surface area contributed by atoms with Gasteiger partial charge in [-0.15, -0.1) is 11.8 Å². The number of thioether (sulfide) groups is 1. The molecular weight excluding hydrogens is 372 g/mol. The van der Waals surface area contributed by atoms with Gasteiger partial charge in [0.1, 0.15) is 10.9 Å². The average Bonchev–Trinajstić information content (AvgIpc) is 3.20. The summed E-state index contributed by atoms with van der Waals surface area (Å²) < 4.78 is 9.62. The molecule has 0 aromatic heterocycles. The molecule has 1 N–H and O–H groups in total. The molecule has 9 heteroatoms. The Balaban J connectivity index is 1.65. The molecule has 1 aromatic carbocycles. The van der Waals surface area contributed by atoms with Crippen LogP contribution in [0.3, 0.4) is 0 Å². The Morgan fingerprint density at radius 1 is 1.26 bits per heavy atom. The fraction of sp³-hybridized carbons (Fsp3) is 0.444. The summed E-state index contributed by atoms with van der Waals surface area (Å²) in [6, 6.07) is 8.82. The van der Waals surface area contributed by atoms with Gasteiger partial charge in [-0.3, -0.25) is 14.9 Å². The van der Waals surface area contributed by atoms with Crippen LogP contribution in [0.15, 0.2) is 30.3 Å². The summed E-state index contributed by atoms with van der Waals surface area (Å²) in [7, 11) is 0. The summed E-state index contributed by atoms with van der Waals surface area (Å²) in [6.07, 6.45) is 0.0793. The molecule has 0 saturated carbocycles. The van der Waals surface area contributed by atoms with E-state index < -0.39 is 35.5 Å². The van der Waals surface area contributed by atoms with Crippen molar-refractivity contribution in [1.29, 1.82) is 0 Å². The van der Waals surface area contributed by atoms with Crippen LogP contribution in [0, 0.1) is 0 Å². The lowest BCUT2D eigenvalue weighted by Crippen LogP contribution is -2.47. The molecule has 0 radical (unpaired) electrons. The van der Waals surface area contributed by atoms with E-state index in [-0.39, 0.29) is 12.5 Å². The highest BCUT2D eigenvalue weighted by atomic mass is 32.2. The van der Waals surface area contributed by atoms with E-state index in [0.717, 1.165) is 5.56 Å². The van der Waals surface area contributed by atoms with Crippen LogP contribution in [-0.2, 0) is 28.7 Å². The number of benzene rings is 1. The van der Waals surface area contributed by atoms with Crippen molar-refractivity contribution in [3.05, 3.63) is 35.9 Å². The number of nitrogens with one attached hydrogen (secondary N) is 1. The summed E-state index contributed by atoms with van der Waals surface area (Å²) in [6.45, 7) is 1.11. The Labute approximate surface area is 160 Å². The Hall–Kier alpha value is -2.55. The molecule has 27 heavy (non-hydrogen) atoms. The third-order valence-corrected chi connectivity index (χ3v) is 6.08. The lowest BCUT2D eigenvalue weighted by molar-refractivity contribution is -0.156. The predicted molar refractivity (Wildman–Crippen MR) is 96.6 cm³/mol. The zero-order chi connectivity index (χ0) is 19.4. The Morgan fingerprint density at radius 3 is 2.70 bits per heavy atom. The van der Waals surface area contributed by atoms with Crippen molar-refractivity contribution in [2.45, 2.75) is 30.7 Å². The van der Waals surface area contributed by atoms with Gasteiger partial charge in [0.15, 0.2) is 6.61 Å². The molecule has 0 bridgehead atoms. The topological polar surface area (TPSA) is 102 Å². The van der Waals surface area contributed by atoms with Crippen molar-refractivity contribution in [2.24, 2.45) is 0 Å². The van der Waals surface area contributed by atoms with Crippen molar-refractivity contribution in [1.82, 2.24) is 10.2 Å². The fourth-order valence-corrected chi connectivity index (χ4v) is 5.00. The standard InChI is InChI=1S/C18H20N2O6S/c1-2-25-17(24)19-14(21)10-26-16(23)13-11-27-18(9-8-15(22)20(13)18)12-6-4-3-5-7-12/h3-7,13H,2,8-11H2,1H3,(H,19,21,24)/t13-,18+/m0/s1. The molecule has 144 valence electrons. The first-order valence-electron chi connectivity index (χ1n) is 8.63. The van der Waals surface area contributed by atoms with Crippen LogP contribution < -0.4 is 5.32 Å². The number of fused-ring (bicyclic) bond motifs is 1. The van der Waals surface area contributed by atoms with Gasteiger partial charge in [-0.1, -0.05) is 30.3 Å². The number of imide groups is 1. The lowest BCUT2D eigenvalue weighted by Gasteiger charge is -2.33. The lowest BCUT2D eigenvalue weighted by atomic mass is 10.0. The Kier molecular flexibility index (Phi) is 5.69. The minimum Gasteiger partial charge on any atom is -0.454 e. The zero-order valence-corrected chi connectivity index (χ0v) is 15.6. The summed E-state index contributed by atoms with van der Waals surface area (Å²) in [5, 5.41) is 1.95. The molecule has 2 heterocycles. The number of nitrogens with zero attached hydrogens (tertiary/aromatic N) is 1. The predicted octanol–water partition coefficient (Wildman–Crippen LogP) is 1.39. The van der Waals surface area contributed by atoms with Crippen LogP contribution >= 0.6 is 11.8 Å². The third kappa shape index (κ3) is 3.78. The molecule has 2 aliphatic heterocycles. The van der Waals surface area contributed by atoms with Crippen molar-refractivity contribution in [3.8, 4) is 0 Å². The first-order valence-corrected chi connectivity index (χ1v) is 9.61. The van der Waals surface area contributed by atoms with Gasteiger partial charge in [0.05, 0.1) is 6.61 Å². The Bertz CT molecular complexity index is 755. The number of hydrogen-bond acceptors (Lipinski definition) is 7. The number of carbonyl (C=O) groups excluding carboxylic acids is 4. The summed E-state index contributed by atoms with van der Waals surface area (Å²) in [5.74, 6) is -1.16. The van der Waals surface area contributed by atoms with Crippen LogP contribution in [0.2, 0.25) is 0 Å². The number of rotatable bonds is 5. The molecule has 3 amide bonds. The van der Waals surface area contributed by atoms with Gasteiger partial charge in [-0.25, -0.2) is 9.59 Å². The summed E-state index contributed by atoms with van der Waals surface area (Å²) in [5.41, 5.74) is 0.969. The van der Waals surface area contributed by atoms with Crippen LogP contribution in [0.1, 0.15) is 25.3 Å². The van der Waals surface area contributed by atoms with E-state index in [1.54, 1.807) is 11.8 Å². The van der Waals surface area contributed by atoms with Gasteiger partial charge in [-0.2, -0.15) is 0 Å². The number of amides is 3. The highest BCUT2D eigenvalue weighted by molar-refractivity contribution is 8.00. The molecule has 1 aromatic rings. The average molecular weight is 392 g/mol. The second-order valence-corrected chi connectivity index (χ2v) is 7.41. The molecule has 2 aliphatic rings. The summed E-state index contributed by atoms with van der Waals surface area (Å²) in [4.78, 5) is 48.8. The second kappa shape index (κ2) is 7.99. The maximum absolute atomic E-state index is 12.5. The van der Waals surface area contributed by atoms with Gasteiger partial charge in [0.2, 0.25) is 5.91 Å². The highest BCUT2D eigenvalue weighted by Crippen LogP contribution is 2.54. The molecule has 0 unspecified atom stereocenters. The largest absolute Gasteiger partial charge is 0.454 e. The molecule has 2 saturated heterocycles. The van der Waals surface area contributed by atoms with E-state index in [0.29, 0.717) is 18.6 Å². The smallest absolute Gasteiger partial charge is 0.413 e. The fourth-order valence-electron chi connectivity index (χ4n) is 3.37. The van der Waals surface area contributed by atoms with Gasteiger partial charge in [0, 0.05) is 12.2 Å². The van der Waals surface area contributed by atoms with Gasteiger partial charge >= 0.3 is 12.1 Å². The van der Waals surface area contributed by atoms with Crippen molar-refractivity contribution in [3.63, 3.8) is 0 Å². The molecule has 0 spiro atoms.